The molecular formula is C15H21NO3. The van der Waals surface area contributed by atoms with Crippen molar-refractivity contribution in [2.75, 3.05) is 44.9 Å². The molecule has 1 aliphatic rings. The molecule has 0 saturated heterocycles. The van der Waals surface area contributed by atoms with Crippen LogP contribution >= 0.6 is 0 Å². The lowest BCUT2D eigenvalue weighted by Crippen LogP contribution is -2.28. The van der Waals surface area contributed by atoms with Gasteiger partial charge in [0.1, 0.15) is 0 Å². The summed E-state index contributed by atoms with van der Waals surface area (Å²) in [5.41, 5.74) is 1.89. The fourth-order valence-corrected chi connectivity index (χ4v) is 2.32. The zero-order chi connectivity index (χ0) is 13.5. The molecule has 1 aliphatic heterocycles. The molecule has 1 heterocycles. The van der Waals surface area contributed by atoms with Gasteiger partial charge in [0.2, 0.25) is 0 Å². The fourth-order valence-electron chi connectivity index (χ4n) is 2.32. The number of hydrogen-bond acceptors (Lipinski definition) is 4. The molecule has 0 atom stereocenters. The molecule has 0 radical (unpaired) electrons. The average molecular weight is 263 g/mol. The van der Waals surface area contributed by atoms with E-state index in [1.54, 1.807) is 7.11 Å². The van der Waals surface area contributed by atoms with Crippen LogP contribution in [0.4, 0.5) is 5.69 Å². The Bertz CT molecular complexity index is 420. The minimum atomic E-state index is 0.249. The number of para-hydroxylation sites is 1. The van der Waals surface area contributed by atoms with Crippen LogP contribution in [0.2, 0.25) is 0 Å². The van der Waals surface area contributed by atoms with Crippen LogP contribution in [0, 0.1) is 0 Å². The van der Waals surface area contributed by atoms with Crippen molar-refractivity contribution in [3.8, 4) is 0 Å². The third-order valence-electron chi connectivity index (χ3n) is 3.31. The van der Waals surface area contributed by atoms with Gasteiger partial charge < -0.3 is 14.4 Å². The molecule has 2 rings (SSSR count). The fraction of sp³-hybridized carbons (Fsp3) is 0.533. The van der Waals surface area contributed by atoms with Crippen molar-refractivity contribution in [3.63, 3.8) is 0 Å². The number of carbonyl (C=O) groups excluding carboxylic acids is 1. The highest BCUT2D eigenvalue weighted by atomic mass is 16.5. The number of benzene rings is 1. The largest absolute Gasteiger partial charge is 0.382 e. The third-order valence-corrected chi connectivity index (χ3v) is 3.31. The van der Waals surface area contributed by atoms with Gasteiger partial charge in [-0.05, 0) is 18.6 Å². The highest BCUT2D eigenvalue weighted by Crippen LogP contribution is 2.25. The van der Waals surface area contributed by atoms with E-state index in [1.165, 1.54) is 0 Å². The predicted octanol–water partition coefficient (Wildman–Crippen LogP) is 2.13. The summed E-state index contributed by atoms with van der Waals surface area (Å²) in [6.45, 7) is 3.62. The van der Waals surface area contributed by atoms with Gasteiger partial charge in [-0.1, -0.05) is 12.1 Å². The van der Waals surface area contributed by atoms with Gasteiger partial charge in [0.05, 0.1) is 19.8 Å². The van der Waals surface area contributed by atoms with Crippen LogP contribution < -0.4 is 4.90 Å². The van der Waals surface area contributed by atoms with E-state index in [4.69, 9.17) is 9.47 Å². The van der Waals surface area contributed by atoms with Crippen LogP contribution in [0.5, 0.6) is 0 Å². The molecule has 0 unspecified atom stereocenters. The van der Waals surface area contributed by atoms with Gasteiger partial charge in [0, 0.05) is 37.9 Å². The zero-order valence-corrected chi connectivity index (χ0v) is 11.4. The number of rotatable bonds is 6. The summed E-state index contributed by atoms with van der Waals surface area (Å²) in [6, 6.07) is 7.85. The van der Waals surface area contributed by atoms with Crippen LogP contribution in [-0.4, -0.2) is 45.8 Å². The Morgan fingerprint density at radius 3 is 2.89 bits per heavy atom. The van der Waals surface area contributed by atoms with E-state index >= 15 is 0 Å². The molecule has 104 valence electrons. The number of methoxy groups -OCH3 is 1. The Balaban J connectivity index is 1.96. The Morgan fingerprint density at radius 1 is 1.21 bits per heavy atom. The Hall–Kier alpha value is -1.39. The third kappa shape index (κ3) is 3.78. The molecule has 0 aromatic heterocycles. The van der Waals surface area contributed by atoms with Crippen molar-refractivity contribution in [1.29, 1.82) is 0 Å². The molecule has 4 nitrogen and oxygen atoms in total. The molecule has 0 amide bonds. The summed E-state index contributed by atoms with van der Waals surface area (Å²) in [4.78, 5) is 14.2. The molecule has 0 N–H and O–H groups in total. The molecule has 0 fully saturated rings. The lowest BCUT2D eigenvalue weighted by molar-refractivity contribution is 0.0740. The second-order valence-electron chi connectivity index (χ2n) is 4.64. The molecule has 0 spiro atoms. The predicted molar refractivity (Wildman–Crippen MR) is 74.9 cm³/mol. The molecule has 0 bridgehead atoms. The summed E-state index contributed by atoms with van der Waals surface area (Å²) in [5.74, 6) is 0.249. The first-order valence-corrected chi connectivity index (χ1v) is 6.77. The summed E-state index contributed by atoms with van der Waals surface area (Å²) < 4.78 is 10.4. The number of nitrogens with zero attached hydrogens (tertiary/aromatic N) is 1. The number of anilines is 1. The van der Waals surface area contributed by atoms with Gasteiger partial charge in [-0.25, -0.2) is 0 Å². The highest BCUT2D eigenvalue weighted by molar-refractivity contribution is 6.01. The number of ketones is 1. The van der Waals surface area contributed by atoms with Gasteiger partial charge >= 0.3 is 0 Å². The van der Waals surface area contributed by atoms with Crippen molar-refractivity contribution in [2.45, 2.75) is 12.8 Å². The molecule has 19 heavy (non-hydrogen) atoms. The van der Waals surface area contributed by atoms with E-state index in [0.29, 0.717) is 26.2 Å². The van der Waals surface area contributed by atoms with Gasteiger partial charge in [-0.3, -0.25) is 4.79 Å². The van der Waals surface area contributed by atoms with Crippen molar-refractivity contribution in [1.82, 2.24) is 0 Å². The van der Waals surface area contributed by atoms with Gasteiger partial charge in [-0.15, -0.1) is 0 Å². The van der Waals surface area contributed by atoms with Crippen LogP contribution in [0.15, 0.2) is 24.3 Å². The van der Waals surface area contributed by atoms with Crippen molar-refractivity contribution in [2.24, 2.45) is 0 Å². The number of fused-ring (bicyclic) bond motifs is 1. The standard InChI is InChI=1S/C15H21NO3/c1-18-11-12-19-10-9-16-8-4-7-15(17)13-5-2-3-6-14(13)16/h2-3,5-6H,4,7-12H2,1H3. The quantitative estimate of drug-likeness (QED) is 0.737. The van der Waals surface area contributed by atoms with Crippen LogP contribution in [0.3, 0.4) is 0 Å². The minimum Gasteiger partial charge on any atom is -0.382 e. The summed E-state index contributed by atoms with van der Waals surface area (Å²) in [5, 5.41) is 0. The van der Waals surface area contributed by atoms with Crippen molar-refractivity contribution >= 4 is 11.5 Å². The minimum absolute atomic E-state index is 0.249. The smallest absolute Gasteiger partial charge is 0.165 e. The van der Waals surface area contributed by atoms with Gasteiger partial charge in [0.25, 0.3) is 0 Å². The summed E-state index contributed by atoms with van der Waals surface area (Å²) in [6.07, 6.45) is 1.55. The monoisotopic (exact) mass is 263 g/mol. The molecule has 4 heteroatoms. The van der Waals surface area contributed by atoms with Crippen molar-refractivity contribution in [3.05, 3.63) is 29.8 Å². The van der Waals surface area contributed by atoms with Crippen LogP contribution in [0.1, 0.15) is 23.2 Å². The lowest BCUT2D eigenvalue weighted by atomic mass is 10.1. The van der Waals surface area contributed by atoms with E-state index in [9.17, 15) is 4.79 Å². The second-order valence-corrected chi connectivity index (χ2v) is 4.64. The Kier molecular flexibility index (Phi) is 5.36. The maximum absolute atomic E-state index is 12.0. The zero-order valence-electron chi connectivity index (χ0n) is 11.4. The van der Waals surface area contributed by atoms with Crippen LogP contribution in [-0.2, 0) is 9.47 Å². The van der Waals surface area contributed by atoms with Gasteiger partial charge in [-0.2, -0.15) is 0 Å². The Labute approximate surface area is 114 Å². The number of hydrogen-bond donors (Lipinski definition) is 0. The van der Waals surface area contributed by atoms with E-state index < -0.39 is 0 Å². The first kappa shape index (κ1) is 14.0. The average Bonchev–Trinajstić information content (AvgIpc) is 2.59. The van der Waals surface area contributed by atoms with E-state index in [1.807, 2.05) is 24.3 Å². The van der Waals surface area contributed by atoms with Crippen LogP contribution in [0.25, 0.3) is 0 Å². The summed E-state index contributed by atoms with van der Waals surface area (Å²) in [7, 11) is 1.67. The SMILES string of the molecule is COCCOCCN1CCCC(=O)c2ccccc21. The van der Waals surface area contributed by atoms with Crippen molar-refractivity contribution < 1.29 is 14.3 Å². The molecule has 1 aromatic carbocycles. The van der Waals surface area contributed by atoms with E-state index in [2.05, 4.69) is 4.90 Å². The molecule has 0 aliphatic carbocycles. The topological polar surface area (TPSA) is 38.8 Å². The second kappa shape index (κ2) is 7.26. The first-order valence-electron chi connectivity index (χ1n) is 6.77. The maximum atomic E-state index is 12.0. The number of Topliss-reactive ketones (excluding diaryl/α,β-unsaturated/α-hetero) is 1. The normalized spacial score (nSPS) is 15.2. The maximum Gasteiger partial charge on any atom is 0.165 e. The summed E-state index contributed by atoms with van der Waals surface area (Å²) >= 11 is 0. The first-order chi connectivity index (χ1) is 9.33. The molecule has 0 saturated carbocycles. The molecule has 1 aromatic rings. The number of carbonyl (C=O) groups is 1. The number of ether oxygens (including phenoxy) is 2. The molecular weight excluding hydrogens is 242 g/mol. The lowest BCUT2D eigenvalue weighted by Gasteiger charge is -2.24. The van der Waals surface area contributed by atoms with Gasteiger partial charge in [0.15, 0.2) is 5.78 Å². The highest BCUT2D eigenvalue weighted by Gasteiger charge is 2.19. The Morgan fingerprint density at radius 2 is 2.05 bits per heavy atom. The van der Waals surface area contributed by atoms with E-state index in [-0.39, 0.29) is 5.78 Å². The van der Waals surface area contributed by atoms with E-state index in [0.717, 1.165) is 30.8 Å².